The highest BCUT2D eigenvalue weighted by Crippen LogP contribution is 2.17. The number of hydrogen-bond acceptors (Lipinski definition) is 5. The van der Waals surface area contributed by atoms with Crippen LogP contribution in [0.1, 0.15) is 25.0 Å². The largest absolute Gasteiger partial charge is 0.416 e. The van der Waals surface area contributed by atoms with Crippen molar-refractivity contribution in [2.75, 3.05) is 7.05 Å². The first-order valence-corrected chi connectivity index (χ1v) is 8.28. The summed E-state index contributed by atoms with van der Waals surface area (Å²) in [5.41, 5.74) is 3.98. The first-order valence-electron chi connectivity index (χ1n) is 8.28. The minimum Gasteiger partial charge on any atom is -0.416 e. The number of aromatic nitrogens is 2. The van der Waals surface area contributed by atoms with E-state index in [9.17, 15) is 10.0 Å². The number of carbonyl (C=O) groups excluding carboxylic acids is 1. The molecule has 0 radical (unpaired) electrons. The highest BCUT2D eigenvalue weighted by molar-refractivity contribution is 5.91. The van der Waals surface area contributed by atoms with Gasteiger partial charge in [0.05, 0.1) is 11.6 Å². The highest BCUT2D eigenvalue weighted by atomic mass is 16.5. The minimum absolute atomic E-state index is 0.0383. The van der Waals surface area contributed by atoms with Crippen LogP contribution in [-0.2, 0) is 4.79 Å². The molecule has 0 aliphatic rings. The van der Waals surface area contributed by atoms with Gasteiger partial charge in [-0.2, -0.15) is 0 Å². The molecule has 0 saturated heterocycles. The van der Waals surface area contributed by atoms with Crippen LogP contribution in [-0.4, -0.2) is 33.8 Å². The van der Waals surface area contributed by atoms with Gasteiger partial charge in [-0.1, -0.05) is 11.6 Å². The molecule has 0 aliphatic heterocycles. The Morgan fingerprint density at radius 3 is 2.69 bits per heavy atom. The summed E-state index contributed by atoms with van der Waals surface area (Å²) in [5, 5.41) is 19.2. The number of oxime groups is 1. The van der Waals surface area contributed by atoms with Crippen LogP contribution in [0, 0.1) is 19.8 Å². The van der Waals surface area contributed by atoms with Gasteiger partial charge in [0.1, 0.15) is 0 Å². The van der Waals surface area contributed by atoms with Crippen LogP contribution in [0.3, 0.4) is 0 Å². The Balaban J connectivity index is 2.16. The summed E-state index contributed by atoms with van der Waals surface area (Å²) in [7, 11) is 1.57. The van der Waals surface area contributed by atoms with E-state index in [0.717, 1.165) is 5.69 Å². The Bertz CT molecular complexity index is 852. The van der Waals surface area contributed by atoms with Crippen LogP contribution < -0.4 is 10.1 Å². The van der Waals surface area contributed by atoms with Crippen LogP contribution in [0.5, 0.6) is 5.88 Å². The number of benzene rings is 1. The maximum atomic E-state index is 11.7. The van der Waals surface area contributed by atoms with Crippen LogP contribution in [0.25, 0.3) is 5.69 Å². The number of nitrogens with one attached hydrogen (secondary N) is 1. The molecule has 2 aromatic rings. The second-order valence-corrected chi connectivity index (χ2v) is 6.13. The van der Waals surface area contributed by atoms with Crippen molar-refractivity contribution in [3.63, 3.8) is 0 Å². The molecule has 7 nitrogen and oxygen atoms in total. The summed E-state index contributed by atoms with van der Waals surface area (Å²) < 4.78 is 7.19. The number of rotatable bonds is 5. The summed E-state index contributed by atoms with van der Waals surface area (Å²) >= 11 is 0. The molecule has 7 heteroatoms. The first-order chi connectivity index (χ1) is 12.3. The lowest BCUT2D eigenvalue weighted by Gasteiger charge is -2.10. The maximum absolute atomic E-state index is 11.7. The van der Waals surface area contributed by atoms with Crippen LogP contribution in [0.2, 0.25) is 0 Å². The quantitative estimate of drug-likeness (QED) is 0.373. The smallest absolute Gasteiger partial charge is 0.256 e. The second kappa shape index (κ2) is 8.33. The van der Waals surface area contributed by atoms with E-state index in [1.54, 1.807) is 37.8 Å². The maximum Gasteiger partial charge on any atom is 0.256 e. The van der Waals surface area contributed by atoms with E-state index in [-0.39, 0.29) is 23.6 Å². The lowest BCUT2D eigenvalue weighted by molar-refractivity contribution is -0.122. The Kier molecular flexibility index (Phi) is 6.16. The zero-order valence-electron chi connectivity index (χ0n) is 15.6. The Morgan fingerprint density at radius 2 is 2.08 bits per heavy atom. The standard InChI is InChI=1S/C19H24N4O3/c1-12-6-7-16(10-13(12)2)23-9-8-17(21-23)26-18(22-25)11-14(3)15(4)19(24)20-5/h6-11,15,25H,1-5H3,(H,20,24)/b14-11-,22-18-. The Morgan fingerprint density at radius 1 is 1.35 bits per heavy atom. The molecule has 1 heterocycles. The number of hydrogen-bond donors (Lipinski definition) is 2. The SMILES string of the molecule is CNC(=O)C(C)/C(C)=C\C(=N\O)Oc1ccn(-c2ccc(C)c(C)c2)n1. The molecule has 1 atom stereocenters. The topological polar surface area (TPSA) is 88.7 Å². The fourth-order valence-electron chi connectivity index (χ4n) is 2.30. The zero-order chi connectivity index (χ0) is 19.3. The van der Waals surface area contributed by atoms with Crippen molar-refractivity contribution in [3.8, 4) is 11.6 Å². The van der Waals surface area contributed by atoms with Gasteiger partial charge in [-0.3, -0.25) is 4.79 Å². The molecule has 2 rings (SSSR count). The summed E-state index contributed by atoms with van der Waals surface area (Å²) in [6.45, 7) is 7.61. The third-order valence-corrected chi connectivity index (χ3v) is 4.30. The summed E-state index contributed by atoms with van der Waals surface area (Å²) in [4.78, 5) is 11.7. The predicted octanol–water partition coefficient (Wildman–Crippen LogP) is 2.98. The number of nitrogens with zero attached hydrogens (tertiary/aromatic N) is 3. The molecule has 1 amide bonds. The lowest BCUT2D eigenvalue weighted by Crippen LogP contribution is -2.26. The number of carbonyl (C=O) groups is 1. The van der Waals surface area contributed by atoms with Gasteiger partial charge in [0, 0.05) is 25.4 Å². The van der Waals surface area contributed by atoms with Crippen molar-refractivity contribution in [2.45, 2.75) is 27.7 Å². The minimum atomic E-state index is -0.367. The molecule has 0 saturated carbocycles. The zero-order valence-corrected chi connectivity index (χ0v) is 15.6. The number of aryl methyl sites for hydroxylation is 2. The molecule has 138 valence electrons. The third kappa shape index (κ3) is 4.50. The molecule has 0 bridgehead atoms. The predicted molar refractivity (Wildman–Crippen MR) is 99.9 cm³/mol. The van der Waals surface area contributed by atoms with Gasteiger partial charge in [0.2, 0.25) is 11.8 Å². The highest BCUT2D eigenvalue weighted by Gasteiger charge is 2.15. The van der Waals surface area contributed by atoms with Crippen LogP contribution >= 0.6 is 0 Å². The lowest BCUT2D eigenvalue weighted by atomic mass is 10.0. The van der Waals surface area contributed by atoms with E-state index in [1.807, 2.05) is 25.1 Å². The molecule has 0 aliphatic carbocycles. The molecule has 2 N–H and O–H groups in total. The van der Waals surface area contributed by atoms with Crippen molar-refractivity contribution < 1.29 is 14.7 Å². The van der Waals surface area contributed by atoms with E-state index in [0.29, 0.717) is 5.57 Å². The van der Waals surface area contributed by atoms with Gasteiger partial charge >= 0.3 is 0 Å². The van der Waals surface area contributed by atoms with Crippen LogP contribution in [0.15, 0.2) is 47.3 Å². The van der Waals surface area contributed by atoms with E-state index >= 15 is 0 Å². The molecule has 0 spiro atoms. The second-order valence-electron chi connectivity index (χ2n) is 6.13. The summed E-state index contributed by atoms with van der Waals surface area (Å²) in [6.07, 6.45) is 3.27. The van der Waals surface area contributed by atoms with Crippen molar-refractivity contribution in [3.05, 3.63) is 53.2 Å². The normalized spacial score (nSPS) is 13.4. The van der Waals surface area contributed by atoms with Crippen molar-refractivity contribution in [1.82, 2.24) is 15.1 Å². The van der Waals surface area contributed by atoms with Gasteiger partial charge in [0.25, 0.3) is 5.90 Å². The van der Waals surface area contributed by atoms with Gasteiger partial charge < -0.3 is 15.3 Å². The van der Waals surface area contributed by atoms with Gasteiger partial charge in [-0.25, -0.2) is 4.68 Å². The third-order valence-electron chi connectivity index (χ3n) is 4.30. The Hall–Kier alpha value is -3.09. The van der Waals surface area contributed by atoms with Crippen LogP contribution in [0.4, 0.5) is 0 Å². The average Bonchev–Trinajstić information content (AvgIpc) is 3.10. The molecule has 1 unspecified atom stereocenters. The van der Waals surface area contributed by atoms with Crippen molar-refractivity contribution >= 4 is 11.8 Å². The molecular formula is C19H24N4O3. The molecule has 0 fully saturated rings. The number of amides is 1. The molecule has 1 aromatic carbocycles. The molecular weight excluding hydrogens is 332 g/mol. The Labute approximate surface area is 153 Å². The van der Waals surface area contributed by atoms with E-state index in [1.165, 1.54) is 17.2 Å². The molecule has 26 heavy (non-hydrogen) atoms. The van der Waals surface area contributed by atoms with Gasteiger partial charge in [-0.05, 0) is 56.1 Å². The van der Waals surface area contributed by atoms with E-state index < -0.39 is 0 Å². The summed E-state index contributed by atoms with van der Waals surface area (Å²) in [6, 6.07) is 7.70. The van der Waals surface area contributed by atoms with Crippen molar-refractivity contribution in [2.24, 2.45) is 11.1 Å². The fraction of sp³-hybridized carbons (Fsp3) is 0.316. The summed E-state index contributed by atoms with van der Waals surface area (Å²) in [5.74, 6) is -0.250. The first kappa shape index (κ1) is 19.2. The number of ether oxygens (including phenoxy) is 1. The van der Waals surface area contributed by atoms with E-state index in [2.05, 4.69) is 22.5 Å². The van der Waals surface area contributed by atoms with Gasteiger partial charge in [-0.15, -0.1) is 5.10 Å². The monoisotopic (exact) mass is 356 g/mol. The molecule has 1 aromatic heterocycles. The fourth-order valence-corrected chi connectivity index (χ4v) is 2.30. The van der Waals surface area contributed by atoms with Crippen molar-refractivity contribution in [1.29, 1.82) is 0 Å². The van der Waals surface area contributed by atoms with Gasteiger partial charge in [0.15, 0.2) is 0 Å². The average molecular weight is 356 g/mol. The van der Waals surface area contributed by atoms with E-state index in [4.69, 9.17) is 4.74 Å².